The highest BCUT2D eigenvalue weighted by Crippen LogP contribution is 2.26. The zero-order valence-electron chi connectivity index (χ0n) is 11.7. The zero-order chi connectivity index (χ0) is 14.7. The van der Waals surface area contributed by atoms with Crippen LogP contribution in [-0.2, 0) is 4.74 Å². The summed E-state index contributed by atoms with van der Waals surface area (Å²) in [5.41, 5.74) is 0.718. The van der Waals surface area contributed by atoms with Crippen LogP contribution in [0.3, 0.4) is 0 Å². The molecule has 1 saturated heterocycles. The van der Waals surface area contributed by atoms with Crippen LogP contribution in [0, 0.1) is 10.1 Å². The van der Waals surface area contributed by atoms with Crippen molar-refractivity contribution in [3.63, 3.8) is 0 Å². The Kier molecular flexibility index (Phi) is 4.34. The predicted octanol–water partition coefficient (Wildman–Crippen LogP) is 2.41. The number of anilines is 1. The standard InChI is InChI=1S/C14H18N2O4/c1-10(17)13-6-5-11(8-14(13)16(18)19)15(2)9-12-4-3-7-20-12/h5-6,8,12H,3-4,7,9H2,1-2H3. The molecule has 0 aromatic heterocycles. The van der Waals surface area contributed by atoms with Gasteiger partial charge in [0.1, 0.15) is 0 Å². The van der Waals surface area contributed by atoms with E-state index >= 15 is 0 Å². The second-order valence-corrected chi connectivity index (χ2v) is 5.03. The quantitative estimate of drug-likeness (QED) is 0.470. The molecule has 1 aromatic rings. The van der Waals surface area contributed by atoms with Gasteiger partial charge in [0.2, 0.25) is 0 Å². The zero-order valence-corrected chi connectivity index (χ0v) is 11.7. The minimum Gasteiger partial charge on any atom is -0.376 e. The van der Waals surface area contributed by atoms with Crippen LogP contribution < -0.4 is 4.90 Å². The summed E-state index contributed by atoms with van der Waals surface area (Å²) in [6.07, 6.45) is 2.24. The van der Waals surface area contributed by atoms with Crippen molar-refractivity contribution in [2.45, 2.75) is 25.9 Å². The predicted molar refractivity (Wildman–Crippen MR) is 75.3 cm³/mol. The second kappa shape index (κ2) is 6.00. The Morgan fingerprint density at radius 1 is 1.55 bits per heavy atom. The Hall–Kier alpha value is -1.95. The Labute approximate surface area is 117 Å². The number of ether oxygens (including phenoxy) is 1. The summed E-state index contributed by atoms with van der Waals surface area (Å²) in [7, 11) is 1.87. The van der Waals surface area contributed by atoms with Gasteiger partial charge in [-0.2, -0.15) is 0 Å². The fraction of sp³-hybridized carbons (Fsp3) is 0.500. The molecule has 1 aromatic carbocycles. The molecule has 1 heterocycles. The number of rotatable bonds is 5. The molecular formula is C14H18N2O4. The summed E-state index contributed by atoms with van der Waals surface area (Å²) in [4.78, 5) is 23.9. The fourth-order valence-corrected chi connectivity index (χ4v) is 2.41. The van der Waals surface area contributed by atoms with Gasteiger partial charge in [-0.05, 0) is 31.9 Å². The number of carbonyl (C=O) groups is 1. The molecule has 0 saturated carbocycles. The van der Waals surface area contributed by atoms with Gasteiger partial charge in [0.05, 0.1) is 16.6 Å². The lowest BCUT2D eigenvalue weighted by Gasteiger charge is -2.22. The number of Topliss-reactive ketones (excluding diaryl/α,β-unsaturated/α-hetero) is 1. The molecule has 1 aliphatic rings. The maximum absolute atomic E-state index is 11.4. The van der Waals surface area contributed by atoms with Crippen LogP contribution in [0.15, 0.2) is 18.2 Å². The Balaban J connectivity index is 2.21. The van der Waals surface area contributed by atoms with Crippen LogP contribution in [0.25, 0.3) is 0 Å². The number of hydrogen-bond acceptors (Lipinski definition) is 5. The number of likely N-dealkylation sites (N-methyl/N-ethyl adjacent to an activating group) is 1. The summed E-state index contributed by atoms with van der Waals surface area (Å²) < 4.78 is 5.56. The van der Waals surface area contributed by atoms with Gasteiger partial charge in [-0.25, -0.2) is 0 Å². The number of hydrogen-bond donors (Lipinski definition) is 0. The number of nitro benzene ring substituents is 1. The van der Waals surface area contributed by atoms with Gasteiger partial charge < -0.3 is 9.64 Å². The summed E-state index contributed by atoms with van der Waals surface area (Å²) in [5.74, 6) is -0.301. The normalized spacial score (nSPS) is 18.0. The molecule has 1 atom stereocenters. The van der Waals surface area contributed by atoms with Crippen LogP contribution in [-0.4, -0.2) is 37.0 Å². The van der Waals surface area contributed by atoms with Crippen molar-refractivity contribution in [1.29, 1.82) is 0 Å². The molecule has 0 amide bonds. The Bertz CT molecular complexity index is 524. The van der Waals surface area contributed by atoms with Gasteiger partial charge in [-0.3, -0.25) is 14.9 Å². The Morgan fingerprint density at radius 3 is 2.85 bits per heavy atom. The number of carbonyl (C=O) groups excluding carboxylic acids is 1. The second-order valence-electron chi connectivity index (χ2n) is 5.03. The van der Waals surface area contributed by atoms with E-state index < -0.39 is 4.92 Å². The number of benzene rings is 1. The molecule has 0 spiro atoms. The van der Waals surface area contributed by atoms with Crippen LogP contribution in [0.2, 0.25) is 0 Å². The maximum Gasteiger partial charge on any atom is 0.282 e. The molecule has 6 heteroatoms. The van der Waals surface area contributed by atoms with Crippen molar-refractivity contribution in [3.05, 3.63) is 33.9 Å². The molecule has 0 N–H and O–H groups in total. The summed E-state index contributed by atoms with van der Waals surface area (Å²) >= 11 is 0. The molecule has 1 fully saturated rings. The number of nitro groups is 1. The van der Waals surface area contributed by atoms with Crippen molar-refractivity contribution < 1.29 is 14.5 Å². The highest BCUT2D eigenvalue weighted by atomic mass is 16.6. The van der Waals surface area contributed by atoms with Crippen LogP contribution >= 0.6 is 0 Å². The monoisotopic (exact) mass is 278 g/mol. The van der Waals surface area contributed by atoms with Crippen LogP contribution in [0.4, 0.5) is 11.4 Å². The van der Waals surface area contributed by atoms with Gasteiger partial charge in [0.25, 0.3) is 5.69 Å². The van der Waals surface area contributed by atoms with E-state index in [-0.39, 0.29) is 23.1 Å². The van der Waals surface area contributed by atoms with Gasteiger partial charge in [-0.1, -0.05) is 0 Å². The smallest absolute Gasteiger partial charge is 0.282 e. The molecule has 1 aliphatic heterocycles. The fourth-order valence-electron chi connectivity index (χ4n) is 2.41. The van der Waals surface area contributed by atoms with Gasteiger partial charge in [0.15, 0.2) is 5.78 Å². The van der Waals surface area contributed by atoms with E-state index in [0.717, 1.165) is 25.1 Å². The highest BCUT2D eigenvalue weighted by Gasteiger charge is 2.21. The average molecular weight is 278 g/mol. The molecule has 6 nitrogen and oxygen atoms in total. The van der Waals surface area contributed by atoms with Gasteiger partial charge in [-0.15, -0.1) is 0 Å². The van der Waals surface area contributed by atoms with Crippen LogP contribution in [0.5, 0.6) is 0 Å². The van der Waals surface area contributed by atoms with E-state index in [1.807, 2.05) is 11.9 Å². The largest absolute Gasteiger partial charge is 0.376 e. The lowest BCUT2D eigenvalue weighted by molar-refractivity contribution is -0.385. The molecule has 2 rings (SSSR count). The van der Waals surface area contributed by atoms with E-state index in [0.29, 0.717) is 6.54 Å². The minimum absolute atomic E-state index is 0.143. The van der Waals surface area contributed by atoms with Crippen molar-refractivity contribution in [2.75, 3.05) is 25.1 Å². The van der Waals surface area contributed by atoms with Crippen molar-refractivity contribution in [2.24, 2.45) is 0 Å². The summed E-state index contributed by atoms with van der Waals surface area (Å²) in [6.45, 7) is 2.80. The van der Waals surface area contributed by atoms with E-state index in [4.69, 9.17) is 4.74 Å². The topological polar surface area (TPSA) is 72.7 Å². The molecular weight excluding hydrogens is 260 g/mol. The third-order valence-corrected chi connectivity index (χ3v) is 3.50. The van der Waals surface area contributed by atoms with Crippen molar-refractivity contribution in [1.82, 2.24) is 0 Å². The third kappa shape index (κ3) is 3.14. The lowest BCUT2D eigenvalue weighted by atomic mass is 10.1. The number of nitrogens with zero attached hydrogens (tertiary/aromatic N) is 2. The minimum atomic E-state index is -0.514. The van der Waals surface area contributed by atoms with Gasteiger partial charge >= 0.3 is 0 Å². The summed E-state index contributed by atoms with van der Waals surface area (Å²) in [5, 5.41) is 11.1. The molecule has 108 valence electrons. The van der Waals surface area contributed by atoms with E-state index in [1.54, 1.807) is 6.07 Å². The lowest BCUT2D eigenvalue weighted by Crippen LogP contribution is -2.28. The van der Waals surface area contributed by atoms with E-state index in [9.17, 15) is 14.9 Å². The first kappa shape index (κ1) is 14.5. The average Bonchev–Trinajstić information content (AvgIpc) is 2.90. The highest BCUT2D eigenvalue weighted by molar-refractivity contribution is 5.98. The number of ketones is 1. The SMILES string of the molecule is CC(=O)c1ccc(N(C)CC2CCCO2)cc1[N+](=O)[O-]. The van der Waals surface area contributed by atoms with Crippen LogP contribution in [0.1, 0.15) is 30.1 Å². The summed E-state index contributed by atoms with van der Waals surface area (Å²) in [6, 6.07) is 4.70. The molecule has 0 radical (unpaired) electrons. The molecule has 1 unspecified atom stereocenters. The molecule has 0 aliphatic carbocycles. The maximum atomic E-state index is 11.4. The van der Waals surface area contributed by atoms with E-state index in [2.05, 4.69) is 0 Å². The van der Waals surface area contributed by atoms with Crippen molar-refractivity contribution in [3.8, 4) is 0 Å². The first-order valence-corrected chi connectivity index (χ1v) is 6.61. The van der Waals surface area contributed by atoms with Crippen molar-refractivity contribution >= 4 is 17.2 Å². The molecule has 20 heavy (non-hydrogen) atoms. The Morgan fingerprint density at radius 2 is 2.30 bits per heavy atom. The first-order chi connectivity index (χ1) is 9.49. The first-order valence-electron chi connectivity index (χ1n) is 6.61. The van der Waals surface area contributed by atoms with Gasteiger partial charge in [0, 0.05) is 32.0 Å². The molecule has 0 bridgehead atoms. The van der Waals surface area contributed by atoms with E-state index in [1.165, 1.54) is 19.1 Å². The third-order valence-electron chi connectivity index (χ3n) is 3.50.